The van der Waals surface area contributed by atoms with E-state index in [9.17, 15) is 14.3 Å². The Balaban J connectivity index is 2.05. The van der Waals surface area contributed by atoms with E-state index in [2.05, 4.69) is 5.32 Å². The Morgan fingerprint density at radius 3 is 2.62 bits per heavy atom. The van der Waals surface area contributed by atoms with E-state index in [-0.39, 0.29) is 12.4 Å². The van der Waals surface area contributed by atoms with Gasteiger partial charge in [0, 0.05) is 12.0 Å². The van der Waals surface area contributed by atoms with E-state index in [0.717, 1.165) is 0 Å². The standard InChI is InChI=1S/C19H22FNO3/c1-19(2,15-9-4-5-10-16(15)20)12-21-18(23)17(22)13-7-6-8-14(11-13)24-3/h4-11,17,22H,12H2,1-3H3,(H,21,23). The topological polar surface area (TPSA) is 58.6 Å². The van der Waals surface area contributed by atoms with Gasteiger partial charge in [0.25, 0.3) is 5.91 Å². The van der Waals surface area contributed by atoms with Crippen LogP contribution in [0.2, 0.25) is 0 Å². The largest absolute Gasteiger partial charge is 0.497 e. The summed E-state index contributed by atoms with van der Waals surface area (Å²) in [5, 5.41) is 12.9. The lowest BCUT2D eigenvalue weighted by atomic mass is 9.84. The molecule has 1 atom stereocenters. The van der Waals surface area contributed by atoms with E-state index in [4.69, 9.17) is 4.74 Å². The highest BCUT2D eigenvalue weighted by molar-refractivity contribution is 5.82. The zero-order valence-electron chi connectivity index (χ0n) is 14.0. The average molecular weight is 331 g/mol. The third kappa shape index (κ3) is 4.11. The number of benzene rings is 2. The molecular weight excluding hydrogens is 309 g/mol. The van der Waals surface area contributed by atoms with Crippen LogP contribution in [0.3, 0.4) is 0 Å². The Kier molecular flexibility index (Phi) is 5.57. The van der Waals surface area contributed by atoms with E-state index >= 15 is 0 Å². The van der Waals surface area contributed by atoms with Crippen molar-refractivity contribution in [1.29, 1.82) is 0 Å². The molecule has 2 aromatic rings. The smallest absolute Gasteiger partial charge is 0.253 e. The first kappa shape index (κ1) is 17.9. The maximum absolute atomic E-state index is 13.9. The SMILES string of the molecule is COc1cccc(C(O)C(=O)NCC(C)(C)c2ccccc2F)c1. The zero-order chi connectivity index (χ0) is 17.7. The van der Waals surface area contributed by atoms with Crippen LogP contribution in [0.4, 0.5) is 4.39 Å². The van der Waals surface area contributed by atoms with Crippen molar-refractivity contribution in [1.82, 2.24) is 5.32 Å². The average Bonchev–Trinajstić information content (AvgIpc) is 2.59. The molecule has 1 unspecified atom stereocenters. The van der Waals surface area contributed by atoms with Gasteiger partial charge in [-0.25, -0.2) is 4.39 Å². The van der Waals surface area contributed by atoms with Gasteiger partial charge in [0.05, 0.1) is 7.11 Å². The molecule has 1 amide bonds. The number of nitrogens with one attached hydrogen (secondary N) is 1. The molecule has 2 rings (SSSR count). The van der Waals surface area contributed by atoms with Gasteiger partial charge in [0.15, 0.2) is 6.10 Å². The quantitative estimate of drug-likeness (QED) is 0.855. The maximum atomic E-state index is 13.9. The molecule has 0 aromatic heterocycles. The lowest BCUT2D eigenvalue weighted by Crippen LogP contribution is -2.39. The van der Waals surface area contributed by atoms with Crippen molar-refractivity contribution in [3.8, 4) is 5.75 Å². The van der Waals surface area contributed by atoms with Gasteiger partial charge in [-0.1, -0.05) is 44.2 Å². The summed E-state index contributed by atoms with van der Waals surface area (Å²) in [6, 6.07) is 13.2. The number of carbonyl (C=O) groups excluding carboxylic acids is 1. The second-order valence-electron chi connectivity index (χ2n) is 6.26. The first-order valence-electron chi connectivity index (χ1n) is 7.70. The molecule has 0 saturated carbocycles. The van der Waals surface area contributed by atoms with Crippen molar-refractivity contribution < 1.29 is 19.0 Å². The first-order valence-corrected chi connectivity index (χ1v) is 7.70. The van der Waals surface area contributed by atoms with Crippen molar-refractivity contribution in [2.75, 3.05) is 13.7 Å². The van der Waals surface area contributed by atoms with Crippen molar-refractivity contribution in [2.24, 2.45) is 0 Å². The Hall–Kier alpha value is -2.40. The second kappa shape index (κ2) is 7.45. The number of hydrogen-bond donors (Lipinski definition) is 2. The van der Waals surface area contributed by atoms with Gasteiger partial charge >= 0.3 is 0 Å². The van der Waals surface area contributed by atoms with E-state index in [0.29, 0.717) is 16.9 Å². The Morgan fingerprint density at radius 1 is 1.25 bits per heavy atom. The number of rotatable bonds is 6. The normalized spacial score (nSPS) is 12.5. The summed E-state index contributed by atoms with van der Waals surface area (Å²) in [4.78, 5) is 12.2. The van der Waals surface area contributed by atoms with Gasteiger partial charge in [-0.15, -0.1) is 0 Å². The number of ether oxygens (including phenoxy) is 1. The minimum absolute atomic E-state index is 0.202. The Labute approximate surface area is 141 Å². The van der Waals surface area contributed by atoms with Gasteiger partial charge in [-0.3, -0.25) is 4.79 Å². The van der Waals surface area contributed by atoms with Crippen LogP contribution in [0.1, 0.15) is 31.1 Å². The van der Waals surface area contributed by atoms with Gasteiger partial charge in [-0.2, -0.15) is 0 Å². The fourth-order valence-corrected chi connectivity index (χ4v) is 2.47. The predicted molar refractivity (Wildman–Crippen MR) is 90.4 cm³/mol. The van der Waals surface area contributed by atoms with Crippen LogP contribution in [0.5, 0.6) is 5.75 Å². The lowest BCUT2D eigenvalue weighted by molar-refractivity contribution is -0.129. The monoisotopic (exact) mass is 331 g/mol. The molecule has 128 valence electrons. The molecule has 0 radical (unpaired) electrons. The molecule has 0 fully saturated rings. The predicted octanol–water partition coefficient (Wildman–Crippen LogP) is 2.96. The van der Waals surface area contributed by atoms with Gasteiger partial charge in [0.2, 0.25) is 0 Å². The highest BCUT2D eigenvalue weighted by atomic mass is 19.1. The van der Waals surface area contributed by atoms with Crippen LogP contribution >= 0.6 is 0 Å². The Bertz CT molecular complexity index is 715. The van der Waals surface area contributed by atoms with Crippen molar-refractivity contribution in [3.63, 3.8) is 0 Å². The molecule has 0 aliphatic heterocycles. The molecular formula is C19H22FNO3. The van der Waals surface area contributed by atoms with Crippen molar-refractivity contribution >= 4 is 5.91 Å². The highest BCUT2D eigenvalue weighted by Gasteiger charge is 2.26. The van der Waals surface area contributed by atoms with E-state index < -0.39 is 17.4 Å². The molecule has 0 heterocycles. The fourth-order valence-electron chi connectivity index (χ4n) is 2.47. The minimum atomic E-state index is -1.31. The lowest BCUT2D eigenvalue weighted by Gasteiger charge is -2.26. The number of aliphatic hydroxyl groups excluding tert-OH is 1. The third-order valence-corrected chi connectivity index (χ3v) is 3.97. The first-order chi connectivity index (χ1) is 11.3. The Morgan fingerprint density at radius 2 is 1.96 bits per heavy atom. The molecule has 0 aliphatic rings. The number of halogens is 1. The van der Waals surface area contributed by atoms with Gasteiger partial charge in [0.1, 0.15) is 11.6 Å². The number of aliphatic hydroxyl groups is 1. The van der Waals surface area contributed by atoms with Gasteiger partial charge in [-0.05, 0) is 29.3 Å². The zero-order valence-corrected chi connectivity index (χ0v) is 14.0. The summed E-state index contributed by atoms with van der Waals surface area (Å²) in [5.74, 6) is -0.288. The van der Waals surface area contributed by atoms with E-state index in [1.807, 2.05) is 13.8 Å². The summed E-state index contributed by atoms with van der Waals surface area (Å²) in [6.45, 7) is 3.88. The van der Waals surface area contributed by atoms with Crippen LogP contribution in [-0.2, 0) is 10.2 Å². The summed E-state index contributed by atoms with van der Waals surface area (Å²) < 4.78 is 19.0. The van der Waals surface area contributed by atoms with Crippen LogP contribution in [0, 0.1) is 5.82 Å². The maximum Gasteiger partial charge on any atom is 0.253 e. The third-order valence-electron chi connectivity index (χ3n) is 3.97. The molecule has 0 aliphatic carbocycles. The van der Waals surface area contributed by atoms with E-state index in [1.54, 1.807) is 42.5 Å². The molecule has 5 heteroatoms. The summed E-state index contributed by atoms with van der Waals surface area (Å²) >= 11 is 0. The highest BCUT2D eigenvalue weighted by Crippen LogP contribution is 2.25. The number of amides is 1. The summed E-state index contributed by atoms with van der Waals surface area (Å²) in [6.07, 6.45) is -1.31. The number of carbonyl (C=O) groups is 1. The van der Waals surface area contributed by atoms with Crippen LogP contribution < -0.4 is 10.1 Å². The fraction of sp³-hybridized carbons (Fsp3) is 0.316. The van der Waals surface area contributed by atoms with E-state index in [1.165, 1.54) is 13.2 Å². The number of methoxy groups -OCH3 is 1. The molecule has 4 nitrogen and oxygen atoms in total. The molecule has 2 aromatic carbocycles. The number of hydrogen-bond acceptors (Lipinski definition) is 3. The molecule has 0 bridgehead atoms. The van der Waals surface area contributed by atoms with Crippen LogP contribution in [0.25, 0.3) is 0 Å². The molecule has 2 N–H and O–H groups in total. The molecule has 0 saturated heterocycles. The molecule has 0 spiro atoms. The van der Waals surface area contributed by atoms with Crippen molar-refractivity contribution in [3.05, 3.63) is 65.5 Å². The summed E-state index contributed by atoms with van der Waals surface area (Å²) in [5.41, 5.74) is 0.353. The van der Waals surface area contributed by atoms with Crippen LogP contribution in [0.15, 0.2) is 48.5 Å². The summed E-state index contributed by atoms with van der Waals surface area (Å²) in [7, 11) is 1.52. The van der Waals surface area contributed by atoms with Crippen LogP contribution in [-0.4, -0.2) is 24.7 Å². The molecule has 24 heavy (non-hydrogen) atoms. The second-order valence-corrected chi connectivity index (χ2v) is 6.26. The van der Waals surface area contributed by atoms with Crippen molar-refractivity contribution in [2.45, 2.75) is 25.4 Å². The van der Waals surface area contributed by atoms with Gasteiger partial charge < -0.3 is 15.2 Å². The minimum Gasteiger partial charge on any atom is -0.497 e.